The van der Waals surface area contributed by atoms with Crippen molar-refractivity contribution in [3.8, 4) is 0 Å². The van der Waals surface area contributed by atoms with Gasteiger partial charge in [0.1, 0.15) is 6.04 Å². The van der Waals surface area contributed by atoms with Gasteiger partial charge >= 0.3 is 0 Å². The highest BCUT2D eigenvalue weighted by Gasteiger charge is 2.26. The monoisotopic (exact) mass is 283 g/mol. The minimum Gasteiger partial charge on any atom is -0.353 e. The molecule has 0 bridgehead atoms. The Morgan fingerprint density at radius 2 is 2.15 bits per heavy atom. The standard InChI is InChI=1S/C13H15F2N3O2/c1-18(7-8-2-3-9(14)10(15)4-8)13(20)11-5-17-12(19)6-16-11/h2-4,11,16H,5-7H2,1H3,(H,17,19). The van der Waals surface area contributed by atoms with Gasteiger partial charge in [0.05, 0.1) is 6.54 Å². The number of rotatable bonds is 3. The molecule has 2 amide bonds. The van der Waals surface area contributed by atoms with Crippen molar-refractivity contribution in [3.05, 3.63) is 35.4 Å². The normalized spacial score (nSPS) is 18.6. The molecule has 1 heterocycles. The van der Waals surface area contributed by atoms with E-state index in [1.165, 1.54) is 11.0 Å². The second kappa shape index (κ2) is 5.96. The van der Waals surface area contributed by atoms with E-state index in [2.05, 4.69) is 10.6 Å². The summed E-state index contributed by atoms with van der Waals surface area (Å²) in [6.07, 6.45) is 0. The van der Waals surface area contributed by atoms with Gasteiger partial charge in [-0.3, -0.25) is 14.9 Å². The first-order valence-electron chi connectivity index (χ1n) is 6.16. The predicted octanol–water partition coefficient (Wildman–Crippen LogP) is 0.0112. The highest BCUT2D eigenvalue weighted by atomic mass is 19.2. The Bertz CT molecular complexity index is 526. The van der Waals surface area contributed by atoms with Crippen molar-refractivity contribution >= 4 is 11.8 Å². The molecule has 1 unspecified atom stereocenters. The summed E-state index contributed by atoms with van der Waals surface area (Å²) in [6.45, 7) is 0.484. The van der Waals surface area contributed by atoms with Gasteiger partial charge in [-0.25, -0.2) is 8.78 Å². The molecule has 1 aliphatic heterocycles. The maximum absolute atomic E-state index is 13.1. The molecule has 0 aromatic heterocycles. The third-order valence-corrected chi connectivity index (χ3v) is 3.09. The van der Waals surface area contributed by atoms with Crippen LogP contribution in [-0.4, -0.2) is 42.9 Å². The maximum atomic E-state index is 13.1. The van der Waals surface area contributed by atoms with E-state index in [-0.39, 0.29) is 31.4 Å². The van der Waals surface area contributed by atoms with E-state index in [1.807, 2.05) is 0 Å². The maximum Gasteiger partial charge on any atom is 0.241 e. The van der Waals surface area contributed by atoms with Gasteiger partial charge in [0.2, 0.25) is 11.8 Å². The van der Waals surface area contributed by atoms with E-state index in [1.54, 1.807) is 7.05 Å². The quantitative estimate of drug-likeness (QED) is 0.821. The number of piperazine rings is 1. The molecule has 20 heavy (non-hydrogen) atoms. The van der Waals surface area contributed by atoms with Crippen LogP contribution >= 0.6 is 0 Å². The Hall–Kier alpha value is -2.02. The van der Waals surface area contributed by atoms with Gasteiger partial charge in [0.25, 0.3) is 0 Å². The van der Waals surface area contributed by atoms with Crippen LogP contribution in [0.4, 0.5) is 8.78 Å². The van der Waals surface area contributed by atoms with Crippen LogP contribution in [0.5, 0.6) is 0 Å². The molecule has 0 radical (unpaired) electrons. The topological polar surface area (TPSA) is 61.4 Å². The van der Waals surface area contributed by atoms with Crippen molar-refractivity contribution in [2.75, 3.05) is 20.1 Å². The summed E-state index contributed by atoms with van der Waals surface area (Å²) >= 11 is 0. The summed E-state index contributed by atoms with van der Waals surface area (Å²) in [5.41, 5.74) is 0.500. The molecule has 2 N–H and O–H groups in total. The van der Waals surface area contributed by atoms with Crippen molar-refractivity contribution in [1.29, 1.82) is 0 Å². The van der Waals surface area contributed by atoms with E-state index in [9.17, 15) is 18.4 Å². The first-order chi connectivity index (χ1) is 9.47. The van der Waals surface area contributed by atoms with Crippen molar-refractivity contribution in [3.63, 3.8) is 0 Å². The predicted molar refractivity (Wildman–Crippen MR) is 67.6 cm³/mol. The Kier molecular flexibility index (Phi) is 4.29. The summed E-state index contributed by atoms with van der Waals surface area (Å²) in [5, 5.41) is 5.41. The SMILES string of the molecule is CN(Cc1ccc(F)c(F)c1)C(=O)C1CNC(=O)CN1. The molecular weight excluding hydrogens is 268 g/mol. The Labute approximate surface area is 114 Å². The lowest BCUT2D eigenvalue weighted by atomic mass is 10.1. The molecule has 0 spiro atoms. The van der Waals surface area contributed by atoms with Gasteiger partial charge in [-0.15, -0.1) is 0 Å². The number of amides is 2. The van der Waals surface area contributed by atoms with Crippen molar-refractivity contribution < 1.29 is 18.4 Å². The first-order valence-corrected chi connectivity index (χ1v) is 6.16. The molecule has 7 heteroatoms. The largest absolute Gasteiger partial charge is 0.353 e. The van der Waals surface area contributed by atoms with Crippen LogP contribution < -0.4 is 10.6 Å². The second-order valence-electron chi connectivity index (χ2n) is 4.68. The summed E-state index contributed by atoms with van der Waals surface area (Å²) in [4.78, 5) is 24.5. The van der Waals surface area contributed by atoms with E-state index in [4.69, 9.17) is 0 Å². The van der Waals surface area contributed by atoms with Crippen LogP contribution in [0, 0.1) is 11.6 Å². The van der Waals surface area contributed by atoms with E-state index in [0.717, 1.165) is 12.1 Å². The van der Waals surface area contributed by atoms with E-state index < -0.39 is 17.7 Å². The zero-order chi connectivity index (χ0) is 14.7. The van der Waals surface area contributed by atoms with Crippen molar-refractivity contribution in [2.24, 2.45) is 0 Å². The number of benzene rings is 1. The van der Waals surface area contributed by atoms with Crippen LogP contribution in [0.1, 0.15) is 5.56 Å². The van der Waals surface area contributed by atoms with Gasteiger partial charge in [0.15, 0.2) is 11.6 Å². The number of hydrogen-bond donors (Lipinski definition) is 2. The van der Waals surface area contributed by atoms with Crippen molar-refractivity contribution in [2.45, 2.75) is 12.6 Å². The van der Waals surface area contributed by atoms with Crippen molar-refractivity contribution in [1.82, 2.24) is 15.5 Å². The minimum absolute atomic E-state index is 0.0927. The minimum atomic E-state index is -0.939. The average Bonchev–Trinajstić information content (AvgIpc) is 2.43. The lowest BCUT2D eigenvalue weighted by Gasteiger charge is -2.27. The molecule has 1 fully saturated rings. The number of carbonyl (C=O) groups is 2. The summed E-state index contributed by atoms with van der Waals surface area (Å²) in [7, 11) is 1.57. The molecule has 1 aromatic rings. The van der Waals surface area contributed by atoms with Gasteiger partial charge < -0.3 is 10.2 Å². The highest BCUT2D eigenvalue weighted by Crippen LogP contribution is 2.11. The zero-order valence-corrected chi connectivity index (χ0v) is 11.0. The van der Waals surface area contributed by atoms with Crippen LogP contribution in [0.3, 0.4) is 0 Å². The summed E-state index contributed by atoms with van der Waals surface area (Å²) in [5.74, 6) is -2.22. The highest BCUT2D eigenvalue weighted by molar-refractivity contribution is 5.86. The fourth-order valence-electron chi connectivity index (χ4n) is 2.00. The number of likely N-dealkylation sites (N-methyl/N-ethyl adjacent to an activating group) is 1. The van der Waals surface area contributed by atoms with Crippen LogP contribution in [0.2, 0.25) is 0 Å². The smallest absolute Gasteiger partial charge is 0.241 e. The number of nitrogens with one attached hydrogen (secondary N) is 2. The van der Waals surface area contributed by atoms with E-state index in [0.29, 0.717) is 5.56 Å². The molecule has 1 saturated heterocycles. The third-order valence-electron chi connectivity index (χ3n) is 3.09. The summed E-state index contributed by atoms with van der Waals surface area (Å²) < 4.78 is 25.9. The van der Waals surface area contributed by atoms with E-state index >= 15 is 0 Å². The molecular formula is C13H15F2N3O2. The van der Waals surface area contributed by atoms with Gasteiger partial charge in [0, 0.05) is 20.1 Å². The lowest BCUT2D eigenvalue weighted by Crippen LogP contribution is -2.58. The van der Waals surface area contributed by atoms with Crippen LogP contribution in [0.15, 0.2) is 18.2 Å². The summed E-state index contributed by atoms with van der Waals surface area (Å²) in [6, 6.07) is 3.03. The number of nitrogens with zero attached hydrogens (tertiary/aromatic N) is 1. The molecule has 1 atom stereocenters. The Morgan fingerprint density at radius 3 is 2.75 bits per heavy atom. The zero-order valence-electron chi connectivity index (χ0n) is 11.0. The molecule has 5 nitrogen and oxygen atoms in total. The lowest BCUT2D eigenvalue weighted by molar-refractivity contribution is -0.134. The number of halogens is 2. The molecule has 1 aromatic carbocycles. The molecule has 108 valence electrons. The molecule has 2 rings (SSSR count). The second-order valence-corrected chi connectivity index (χ2v) is 4.68. The van der Waals surface area contributed by atoms with Gasteiger partial charge in [-0.05, 0) is 17.7 Å². The van der Waals surface area contributed by atoms with Gasteiger partial charge in [-0.1, -0.05) is 6.07 Å². The fraction of sp³-hybridized carbons (Fsp3) is 0.385. The Morgan fingerprint density at radius 1 is 1.40 bits per heavy atom. The molecule has 0 saturated carbocycles. The van der Waals surface area contributed by atoms with Crippen LogP contribution in [-0.2, 0) is 16.1 Å². The molecule has 1 aliphatic rings. The third kappa shape index (κ3) is 3.30. The number of hydrogen-bond acceptors (Lipinski definition) is 3. The number of carbonyl (C=O) groups excluding carboxylic acids is 2. The fourth-order valence-corrected chi connectivity index (χ4v) is 2.00. The van der Waals surface area contributed by atoms with Crippen LogP contribution in [0.25, 0.3) is 0 Å². The average molecular weight is 283 g/mol. The van der Waals surface area contributed by atoms with Gasteiger partial charge in [-0.2, -0.15) is 0 Å². The Balaban J connectivity index is 1.96. The molecule has 0 aliphatic carbocycles. The first kappa shape index (κ1) is 14.4.